The minimum absolute atomic E-state index is 0.312. The number of carbonyl (C=O) groups excluding carboxylic acids is 1. The summed E-state index contributed by atoms with van der Waals surface area (Å²) in [6.07, 6.45) is 1.75. The molecular weight excluding hydrogens is 242 g/mol. The van der Waals surface area contributed by atoms with E-state index in [2.05, 4.69) is 28.0 Å². The largest absolute Gasteiger partial charge is 0.463 e. The quantitative estimate of drug-likeness (QED) is 0.391. The number of hydrogen-bond donors (Lipinski definition) is 1. The number of pyridine rings is 1. The van der Waals surface area contributed by atoms with Gasteiger partial charge in [0, 0.05) is 11.8 Å². The molecule has 0 fully saturated rings. The number of nitrogens with zero attached hydrogens (tertiary/aromatic N) is 1. The molecule has 1 rings (SSSR count). The Kier molecular flexibility index (Phi) is 8.75. The molecule has 5 heteroatoms. The predicted molar refractivity (Wildman–Crippen MR) is 70.5 cm³/mol. The van der Waals surface area contributed by atoms with Crippen LogP contribution in [0.2, 0.25) is 0 Å². The van der Waals surface area contributed by atoms with Crippen LogP contribution >= 0.6 is 22.5 Å². The van der Waals surface area contributed by atoms with E-state index < -0.39 is 0 Å². The van der Waals surface area contributed by atoms with E-state index in [-0.39, 0.29) is 5.97 Å². The molecule has 1 heterocycles. The molecule has 0 N–H and O–H groups in total. The summed E-state index contributed by atoms with van der Waals surface area (Å²) in [5, 5.41) is 0.941. The number of ether oxygens (including phenoxy) is 1. The Balaban J connectivity index is 0.000000281. The molecule has 16 heavy (non-hydrogen) atoms. The first-order valence-electron chi connectivity index (χ1n) is 4.66. The van der Waals surface area contributed by atoms with Crippen molar-refractivity contribution in [3.8, 4) is 0 Å². The number of carbonyl (C=O) groups is 1. The van der Waals surface area contributed by atoms with Crippen molar-refractivity contribution >= 4 is 28.4 Å². The van der Waals surface area contributed by atoms with E-state index in [0.717, 1.165) is 5.03 Å². The highest BCUT2D eigenvalue weighted by atomic mass is 33.1. The van der Waals surface area contributed by atoms with Gasteiger partial charge in [-0.2, -0.15) is 0 Å². The zero-order chi connectivity index (χ0) is 12.4. The Morgan fingerprint density at radius 2 is 2.31 bits per heavy atom. The Hall–Kier alpha value is -0.940. The second kappa shape index (κ2) is 9.30. The summed E-state index contributed by atoms with van der Waals surface area (Å²) in [4.78, 5) is 14.4. The second-order valence-corrected chi connectivity index (χ2v) is 3.91. The van der Waals surface area contributed by atoms with Gasteiger partial charge in [-0.15, -0.1) is 11.7 Å². The molecule has 0 atom stereocenters. The van der Waals surface area contributed by atoms with Crippen LogP contribution in [-0.4, -0.2) is 17.6 Å². The number of rotatable bonds is 3. The van der Waals surface area contributed by atoms with Crippen molar-refractivity contribution in [1.82, 2.24) is 4.98 Å². The molecule has 0 amide bonds. The molecule has 0 unspecified atom stereocenters. The lowest BCUT2D eigenvalue weighted by Crippen LogP contribution is -2.03. The molecule has 3 nitrogen and oxygen atoms in total. The molecule has 1 aromatic rings. The fourth-order valence-electron chi connectivity index (χ4n) is 0.655. The van der Waals surface area contributed by atoms with Crippen LogP contribution in [0, 0.1) is 0 Å². The number of hydrogen-bond acceptors (Lipinski definition) is 5. The van der Waals surface area contributed by atoms with Gasteiger partial charge in [0.1, 0.15) is 5.03 Å². The van der Waals surface area contributed by atoms with Crippen LogP contribution in [-0.2, 0) is 9.53 Å². The molecule has 0 saturated carbocycles. The molecule has 0 aliphatic rings. The van der Waals surface area contributed by atoms with E-state index in [4.69, 9.17) is 0 Å². The first-order valence-corrected chi connectivity index (χ1v) is 6.53. The lowest BCUT2D eigenvalue weighted by molar-refractivity contribution is -0.138. The van der Waals surface area contributed by atoms with Crippen molar-refractivity contribution < 1.29 is 9.53 Å². The lowest BCUT2D eigenvalue weighted by atomic mass is 10.4. The van der Waals surface area contributed by atoms with Gasteiger partial charge in [-0.05, 0) is 36.8 Å². The van der Waals surface area contributed by atoms with Crippen LogP contribution in [0.3, 0.4) is 0 Å². The molecular formula is C11H15NO2S2. The zero-order valence-electron chi connectivity index (χ0n) is 9.34. The van der Waals surface area contributed by atoms with Crippen LogP contribution in [0.25, 0.3) is 0 Å². The van der Waals surface area contributed by atoms with Gasteiger partial charge in [-0.3, -0.25) is 0 Å². The Bertz CT molecular complexity index is 328. The monoisotopic (exact) mass is 257 g/mol. The van der Waals surface area contributed by atoms with Crippen molar-refractivity contribution in [2.24, 2.45) is 0 Å². The molecule has 0 bridgehead atoms. The zero-order valence-corrected chi connectivity index (χ0v) is 11.1. The molecule has 0 saturated heterocycles. The summed E-state index contributed by atoms with van der Waals surface area (Å²) < 4.78 is 4.56. The summed E-state index contributed by atoms with van der Waals surface area (Å²) in [6.45, 7) is 7.21. The predicted octanol–water partition coefficient (Wildman–Crippen LogP) is 3.14. The van der Waals surface area contributed by atoms with Gasteiger partial charge in [0.25, 0.3) is 0 Å². The molecule has 0 aromatic carbocycles. The Morgan fingerprint density at radius 1 is 1.62 bits per heavy atom. The van der Waals surface area contributed by atoms with E-state index in [1.807, 2.05) is 18.2 Å². The fourth-order valence-corrected chi connectivity index (χ4v) is 1.23. The topological polar surface area (TPSA) is 39.2 Å². The van der Waals surface area contributed by atoms with E-state index >= 15 is 0 Å². The van der Waals surface area contributed by atoms with E-state index in [1.54, 1.807) is 20.0 Å². The summed E-state index contributed by atoms with van der Waals surface area (Å²) in [7, 11) is 1.35. The third-order valence-corrected chi connectivity index (χ3v) is 2.34. The molecule has 0 aliphatic carbocycles. The average Bonchev–Trinajstić information content (AvgIpc) is 2.31. The molecule has 0 aliphatic heterocycles. The maximum Gasteiger partial charge on any atom is 0.333 e. The fraction of sp³-hybridized carbons (Fsp3) is 0.273. The molecule has 0 radical (unpaired) electrons. The third-order valence-electron chi connectivity index (χ3n) is 1.36. The maximum atomic E-state index is 10.4. The number of esters is 1. The third kappa shape index (κ3) is 7.36. The smallest absolute Gasteiger partial charge is 0.333 e. The number of thiol groups is 1. The van der Waals surface area contributed by atoms with E-state index in [9.17, 15) is 4.79 Å². The number of aromatic nitrogens is 1. The van der Waals surface area contributed by atoms with Crippen molar-refractivity contribution in [1.29, 1.82) is 0 Å². The molecule has 0 spiro atoms. The van der Waals surface area contributed by atoms with Crippen molar-refractivity contribution in [2.75, 3.05) is 6.61 Å². The average molecular weight is 257 g/mol. The van der Waals surface area contributed by atoms with Crippen molar-refractivity contribution in [2.45, 2.75) is 18.9 Å². The minimum Gasteiger partial charge on any atom is -0.463 e. The van der Waals surface area contributed by atoms with Crippen LogP contribution in [0.15, 0.2) is 41.6 Å². The van der Waals surface area contributed by atoms with Crippen molar-refractivity contribution in [3.05, 3.63) is 36.5 Å². The van der Waals surface area contributed by atoms with Crippen molar-refractivity contribution in [3.63, 3.8) is 0 Å². The van der Waals surface area contributed by atoms with Crippen LogP contribution in [0.5, 0.6) is 0 Å². The summed E-state index contributed by atoms with van der Waals surface area (Å²) >= 11 is 3.96. The van der Waals surface area contributed by atoms with Gasteiger partial charge in [-0.25, -0.2) is 9.78 Å². The highest BCUT2D eigenvalue weighted by molar-refractivity contribution is 8.68. The maximum absolute atomic E-state index is 10.4. The van der Waals surface area contributed by atoms with E-state index in [1.165, 1.54) is 10.8 Å². The van der Waals surface area contributed by atoms with Gasteiger partial charge in [0.05, 0.1) is 6.61 Å². The standard InChI is InChI=1S/C6H10O2.C5H5NS2/c1-4-8-6(7)5(2)3;7-8-5-3-1-2-4-6-5/h2,4H2,1,3H3;1-4,7H. The normalized spacial score (nSPS) is 8.69. The first-order chi connectivity index (χ1) is 7.61. The summed E-state index contributed by atoms with van der Waals surface area (Å²) in [5.74, 6) is -0.312. The van der Waals surface area contributed by atoms with Crippen LogP contribution < -0.4 is 0 Å². The second-order valence-electron chi connectivity index (χ2n) is 2.76. The highest BCUT2D eigenvalue weighted by Crippen LogP contribution is 2.16. The van der Waals surface area contributed by atoms with Gasteiger partial charge in [0.15, 0.2) is 0 Å². The van der Waals surface area contributed by atoms with E-state index in [0.29, 0.717) is 12.2 Å². The van der Waals surface area contributed by atoms with Gasteiger partial charge in [0.2, 0.25) is 0 Å². The highest BCUT2D eigenvalue weighted by Gasteiger charge is 1.98. The van der Waals surface area contributed by atoms with Gasteiger partial charge < -0.3 is 4.74 Å². The summed E-state index contributed by atoms with van der Waals surface area (Å²) in [6, 6.07) is 5.73. The minimum atomic E-state index is -0.312. The summed E-state index contributed by atoms with van der Waals surface area (Å²) in [5.41, 5.74) is 0.451. The Labute approximate surface area is 105 Å². The van der Waals surface area contributed by atoms with Crippen LogP contribution in [0.4, 0.5) is 0 Å². The molecule has 88 valence electrons. The first kappa shape index (κ1) is 15.1. The van der Waals surface area contributed by atoms with Crippen LogP contribution in [0.1, 0.15) is 13.8 Å². The SMILES string of the molecule is C=C(C)C(=O)OCC.SSc1ccccn1. The lowest BCUT2D eigenvalue weighted by Gasteiger charge is -1.96. The van der Waals surface area contributed by atoms with Gasteiger partial charge in [-0.1, -0.05) is 12.6 Å². The Morgan fingerprint density at radius 3 is 2.56 bits per heavy atom. The molecule has 1 aromatic heterocycles. The van der Waals surface area contributed by atoms with Gasteiger partial charge >= 0.3 is 5.97 Å².